The van der Waals surface area contributed by atoms with E-state index in [2.05, 4.69) is 24.4 Å². The zero-order chi connectivity index (χ0) is 12.5. The highest BCUT2D eigenvalue weighted by Crippen LogP contribution is 2.35. The van der Waals surface area contributed by atoms with Gasteiger partial charge in [-0.05, 0) is 48.6 Å². The predicted octanol–water partition coefficient (Wildman–Crippen LogP) is 4.23. The molecule has 1 N–H and O–H groups in total. The van der Waals surface area contributed by atoms with Gasteiger partial charge < -0.3 is 5.32 Å². The molecule has 0 saturated heterocycles. The molecule has 1 atom stereocenters. The van der Waals surface area contributed by atoms with Gasteiger partial charge in [0, 0.05) is 5.69 Å². The van der Waals surface area contributed by atoms with Crippen LogP contribution in [0.25, 0.3) is 0 Å². The number of anilines is 1. The van der Waals surface area contributed by atoms with Crippen molar-refractivity contribution in [3.8, 4) is 0 Å². The Labute approximate surface area is 107 Å². The average molecular weight is 241 g/mol. The molecular weight excluding hydrogens is 225 g/mol. The second kappa shape index (κ2) is 4.45. The van der Waals surface area contributed by atoms with E-state index >= 15 is 0 Å². The van der Waals surface area contributed by atoms with E-state index < -0.39 is 0 Å². The van der Waals surface area contributed by atoms with E-state index in [1.165, 1.54) is 5.56 Å². The van der Waals surface area contributed by atoms with Gasteiger partial charge in [0.05, 0.1) is 6.04 Å². The second-order valence-electron chi connectivity index (χ2n) is 4.86. The topological polar surface area (TPSA) is 12.0 Å². The molecule has 0 spiro atoms. The number of benzene rings is 2. The molecule has 1 aliphatic carbocycles. The van der Waals surface area contributed by atoms with Gasteiger partial charge in [0.2, 0.25) is 0 Å². The van der Waals surface area contributed by atoms with Crippen molar-refractivity contribution in [2.75, 3.05) is 5.32 Å². The highest BCUT2D eigenvalue weighted by Gasteiger charge is 2.24. The van der Waals surface area contributed by atoms with Crippen molar-refractivity contribution >= 4 is 5.69 Å². The van der Waals surface area contributed by atoms with Crippen LogP contribution in [0, 0.1) is 12.7 Å². The van der Waals surface area contributed by atoms with Gasteiger partial charge in [0.1, 0.15) is 5.82 Å². The number of rotatable bonds is 2. The quantitative estimate of drug-likeness (QED) is 0.829. The minimum Gasteiger partial charge on any atom is -0.378 e. The van der Waals surface area contributed by atoms with Gasteiger partial charge in [0.15, 0.2) is 0 Å². The summed E-state index contributed by atoms with van der Waals surface area (Å²) < 4.78 is 13.7. The molecule has 1 aliphatic rings. The number of aryl methyl sites for hydroxylation is 1. The fourth-order valence-electron chi connectivity index (χ4n) is 2.68. The number of halogens is 1. The minimum atomic E-state index is -0.0680. The van der Waals surface area contributed by atoms with Gasteiger partial charge in [-0.15, -0.1) is 0 Å². The number of hydrogen-bond acceptors (Lipinski definition) is 1. The third-order valence-corrected chi connectivity index (χ3v) is 3.69. The lowest BCUT2D eigenvalue weighted by molar-refractivity contribution is 0.612. The maximum Gasteiger partial charge on any atom is 0.126 e. The molecule has 2 aromatic carbocycles. The second-order valence-corrected chi connectivity index (χ2v) is 4.86. The van der Waals surface area contributed by atoms with Crippen molar-refractivity contribution in [3.05, 3.63) is 65.0 Å². The van der Waals surface area contributed by atoms with Crippen molar-refractivity contribution in [3.63, 3.8) is 0 Å². The van der Waals surface area contributed by atoms with Crippen molar-refractivity contribution in [1.29, 1.82) is 0 Å². The zero-order valence-corrected chi connectivity index (χ0v) is 10.4. The lowest BCUT2D eigenvalue weighted by Crippen LogP contribution is -2.08. The van der Waals surface area contributed by atoms with Gasteiger partial charge in [0.25, 0.3) is 0 Å². The summed E-state index contributed by atoms with van der Waals surface area (Å²) >= 11 is 0. The standard InChI is InChI=1S/C16H16FN/c1-11-5-2-3-8-15(11)18-16-10-9-12-13(16)6-4-7-14(12)17/h2-8,16,18H,9-10H2,1H3. The van der Waals surface area contributed by atoms with E-state index in [9.17, 15) is 4.39 Å². The third-order valence-electron chi connectivity index (χ3n) is 3.69. The molecule has 0 aromatic heterocycles. The number of nitrogens with one attached hydrogen (secondary N) is 1. The summed E-state index contributed by atoms with van der Waals surface area (Å²) in [5.41, 5.74) is 4.35. The number of fused-ring (bicyclic) bond motifs is 1. The smallest absolute Gasteiger partial charge is 0.126 e. The molecule has 0 saturated carbocycles. The maximum absolute atomic E-state index is 13.7. The molecule has 2 heteroatoms. The molecule has 18 heavy (non-hydrogen) atoms. The molecule has 1 unspecified atom stereocenters. The van der Waals surface area contributed by atoms with Gasteiger partial charge in [-0.2, -0.15) is 0 Å². The van der Waals surface area contributed by atoms with E-state index in [0.717, 1.165) is 29.7 Å². The number of para-hydroxylation sites is 1. The van der Waals surface area contributed by atoms with Gasteiger partial charge in [-0.1, -0.05) is 30.3 Å². The van der Waals surface area contributed by atoms with Crippen molar-refractivity contribution < 1.29 is 4.39 Å². The molecule has 0 aliphatic heterocycles. The fourth-order valence-corrected chi connectivity index (χ4v) is 2.68. The summed E-state index contributed by atoms with van der Waals surface area (Å²) in [6, 6.07) is 13.8. The third kappa shape index (κ3) is 1.88. The Morgan fingerprint density at radius 3 is 2.78 bits per heavy atom. The van der Waals surface area contributed by atoms with Crippen LogP contribution in [0.2, 0.25) is 0 Å². The maximum atomic E-state index is 13.7. The lowest BCUT2D eigenvalue weighted by Gasteiger charge is -2.17. The molecule has 0 radical (unpaired) electrons. The first-order valence-corrected chi connectivity index (χ1v) is 6.35. The van der Waals surface area contributed by atoms with E-state index in [1.54, 1.807) is 12.1 Å². The van der Waals surface area contributed by atoms with Crippen LogP contribution < -0.4 is 5.32 Å². The molecule has 2 aromatic rings. The summed E-state index contributed by atoms with van der Waals surface area (Å²) in [4.78, 5) is 0. The predicted molar refractivity (Wildman–Crippen MR) is 72.3 cm³/mol. The van der Waals surface area contributed by atoms with E-state index in [4.69, 9.17) is 0 Å². The largest absolute Gasteiger partial charge is 0.378 e. The molecule has 0 fully saturated rings. The highest BCUT2D eigenvalue weighted by molar-refractivity contribution is 5.53. The Kier molecular flexibility index (Phi) is 2.78. The Morgan fingerprint density at radius 1 is 1.11 bits per heavy atom. The van der Waals surface area contributed by atoms with Crippen LogP contribution in [0.4, 0.5) is 10.1 Å². The Hall–Kier alpha value is -1.83. The van der Waals surface area contributed by atoms with Crippen LogP contribution in [0.15, 0.2) is 42.5 Å². The molecule has 0 bridgehead atoms. The Balaban J connectivity index is 1.90. The summed E-state index contributed by atoms with van der Waals surface area (Å²) in [5, 5.41) is 3.53. The fraction of sp³-hybridized carbons (Fsp3) is 0.250. The summed E-state index contributed by atoms with van der Waals surface area (Å²) in [6.07, 6.45) is 1.79. The van der Waals surface area contributed by atoms with Gasteiger partial charge in [-0.25, -0.2) is 4.39 Å². The molecule has 0 amide bonds. The monoisotopic (exact) mass is 241 g/mol. The number of hydrogen-bond donors (Lipinski definition) is 1. The molecular formula is C16H16FN. The normalized spacial score (nSPS) is 17.6. The minimum absolute atomic E-state index is 0.0680. The van der Waals surface area contributed by atoms with Gasteiger partial charge in [-0.3, -0.25) is 0 Å². The van der Waals surface area contributed by atoms with Crippen LogP contribution in [0.5, 0.6) is 0 Å². The zero-order valence-electron chi connectivity index (χ0n) is 10.4. The first kappa shape index (κ1) is 11.3. The van der Waals surface area contributed by atoms with E-state index in [1.807, 2.05) is 18.2 Å². The van der Waals surface area contributed by atoms with E-state index in [-0.39, 0.29) is 11.9 Å². The lowest BCUT2D eigenvalue weighted by atomic mass is 10.1. The van der Waals surface area contributed by atoms with Crippen LogP contribution in [-0.4, -0.2) is 0 Å². The van der Waals surface area contributed by atoms with Crippen LogP contribution in [0.3, 0.4) is 0 Å². The van der Waals surface area contributed by atoms with Crippen LogP contribution >= 0.6 is 0 Å². The highest BCUT2D eigenvalue weighted by atomic mass is 19.1. The average Bonchev–Trinajstić information content (AvgIpc) is 2.77. The summed E-state index contributed by atoms with van der Waals surface area (Å²) in [5.74, 6) is -0.0680. The van der Waals surface area contributed by atoms with Crippen molar-refractivity contribution in [1.82, 2.24) is 0 Å². The first-order valence-electron chi connectivity index (χ1n) is 6.35. The molecule has 3 rings (SSSR count). The van der Waals surface area contributed by atoms with Crippen LogP contribution in [-0.2, 0) is 6.42 Å². The van der Waals surface area contributed by atoms with Crippen LogP contribution in [0.1, 0.15) is 29.2 Å². The van der Waals surface area contributed by atoms with Crippen molar-refractivity contribution in [2.24, 2.45) is 0 Å². The van der Waals surface area contributed by atoms with Crippen molar-refractivity contribution in [2.45, 2.75) is 25.8 Å². The summed E-state index contributed by atoms with van der Waals surface area (Å²) in [7, 11) is 0. The molecule has 0 heterocycles. The first-order chi connectivity index (χ1) is 8.75. The van der Waals surface area contributed by atoms with Gasteiger partial charge >= 0.3 is 0 Å². The Bertz CT molecular complexity index is 577. The Morgan fingerprint density at radius 2 is 1.94 bits per heavy atom. The SMILES string of the molecule is Cc1ccccc1NC1CCc2c(F)cccc21. The molecule has 1 nitrogen and oxygen atoms in total. The summed E-state index contributed by atoms with van der Waals surface area (Å²) in [6.45, 7) is 2.09. The molecule has 92 valence electrons. The van der Waals surface area contributed by atoms with E-state index in [0.29, 0.717) is 0 Å².